The highest BCUT2D eigenvalue weighted by Gasteiger charge is 2.19. The summed E-state index contributed by atoms with van der Waals surface area (Å²) in [7, 11) is 2.15. The van der Waals surface area contributed by atoms with E-state index in [-0.39, 0.29) is 18.9 Å². The normalized spacial score (nSPS) is 11.9. The van der Waals surface area contributed by atoms with Gasteiger partial charge < -0.3 is 9.80 Å². The lowest BCUT2D eigenvalue weighted by atomic mass is 10.2. The Morgan fingerprint density at radius 1 is 1.00 bits per heavy atom. The second kappa shape index (κ2) is 8.26. The predicted octanol–water partition coefficient (Wildman–Crippen LogP) is 0.863. The Kier molecular flexibility index (Phi) is 6.99. The van der Waals surface area contributed by atoms with E-state index in [2.05, 4.69) is 0 Å². The number of benzene rings is 1. The van der Waals surface area contributed by atoms with Crippen LogP contribution >= 0.6 is 0 Å². The van der Waals surface area contributed by atoms with E-state index >= 15 is 0 Å². The van der Waals surface area contributed by atoms with Crippen LogP contribution in [0.25, 0.3) is 0 Å². The summed E-state index contributed by atoms with van der Waals surface area (Å²) in [5.41, 5.74) is 0.798. The Bertz CT molecular complexity index is 573. The molecule has 0 spiro atoms. The molecule has 0 radical (unpaired) electrons. The van der Waals surface area contributed by atoms with Crippen molar-refractivity contribution in [1.82, 2.24) is 9.21 Å². The van der Waals surface area contributed by atoms with Crippen LogP contribution in [0.5, 0.6) is 0 Å². The number of carbonyl (C=O) groups excluding carboxylic acids is 1. The van der Waals surface area contributed by atoms with Crippen LogP contribution in [0.2, 0.25) is 0 Å². The average Bonchev–Trinajstić information content (AvgIpc) is 2.45. The van der Waals surface area contributed by atoms with E-state index in [9.17, 15) is 13.2 Å². The summed E-state index contributed by atoms with van der Waals surface area (Å²) in [6, 6.07) is 9.29. The first-order valence-corrected chi connectivity index (χ1v) is 8.98. The molecule has 7 heteroatoms. The highest BCUT2D eigenvalue weighted by molar-refractivity contribution is 7.88. The Hall–Kier alpha value is -1.44. The highest BCUT2D eigenvalue weighted by Crippen LogP contribution is 2.12. The number of nitrogens with zero attached hydrogens (tertiary/aromatic N) is 3. The number of sulfonamides is 1. The molecule has 0 fully saturated rings. The third-order valence-corrected chi connectivity index (χ3v) is 4.66. The molecule has 1 aromatic carbocycles. The molecule has 1 rings (SSSR count). The minimum Gasteiger partial charge on any atom is -0.315 e. The molecule has 1 amide bonds. The van der Waals surface area contributed by atoms with Crippen LogP contribution in [0.15, 0.2) is 30.3 Å². The summed E-state index contributed by atoms with van der Waals surface area (Å²) in [6.45, 7) is 1.20. The molecule has 124 valence electrons. The number of anilines is 1. The molecule has 22 heavy (non-hydrogen) atoms. The summed E-state index contributed by atoms with van der Waals surface area (Å²) >= 11 is 0. The molecule has 0 unspecified atom stereocenters. The number of hydrogen-bond acceptors (Lipinski definition) is 4. The summed E-state index contributed by atoms with van der Waals surface area (Å²) in [6.07, 6.45) is 1.33. The van der Waals surface area contributed by atoms with Crippen molar-refractivity contribution in [2.75, 3.05) is 51.9 Å². The van der Waals surface area contributed by atoms with Crippen molar-refractivity contribution in [1.29, 1.82) is 0 Å². The summed E-state index contributed by atoms with van der Waals surface area (Å²) in [5, 5.41) is 0. The van der Waals surface area contributed by atoms with Gasteiger partial charge in [0.25, 0.3) is 0 Å². The van der Waals surface area contributed by atoms with Crippen molar-refractivity contribution in [3.8, 4) is 0 Å². The van der Waals surface area contributed by atoms with Gasteiger partial charge in [0.1, 0.15) is 0 Å². The molecular formula is C15H25N3O3S. The average molecular weight is 327 g/mol. The highest BCUT2D eigenvalue weighted by atomic mass is 32.2. The van der Waals surface area contributed by atoms with E-state index in [1.807, 2.05) is 49.3 Å². The second-order valence-electron chi connectivity index (χ2n) is 5.50. The molecule has 0 saturated heterocycles. The lowest BCUT2D eigenvalue weighted by Crippen LogP contribution is -2.39. The van der Waals surface area contributed by atoms with Gasteiger partial charge in [-0.15, -0.1) is 0 Å². The Morgan fingerprint density at radius 2 is 1.59 bits per heavy atom. The van der Waals surface area contributed by atoms with Crippen molar-refractivity contribution in [2.45, 2.75) is 6.42 Å². The van der Waals surface area contributed by atoms with Crippen LogP contribution in [-0.2, 0) is 14.8 Å². The molecule has 0 N–H and O–H groups in total. The van der Waals surface area contributed by atoms with Gasteiger partial charge in [0.05, 0.1) is 6.26 Å². The van der Waals surface area contributed by atoms with Crippen molar-refractivity contribution in [3.05, 3.63) is 30.3 Å². The third kappa shape index (κ3) is 6.13. The Morgan fingerprint density at radius 3 is 2.09 bits per heavy atom. The van der Waals surface area contributed by atoms with Gasteiger partial charge in [-0.2, -0.15) is 0 Å². The van der Waals surface area contributed by atoms with E-state index in [1.54, 1.807) is 11.9 Å². The van der Waals surface area contributed by atoms with E-state index in [0.29, 0.717) is 13.1 Å². The van der Waals surface area contributed by atoms with E-state index in [1.165, 1.54) is 10.6 Å². The Balaban J connectivity index is 2.62. The van der Waals surface area contributed by atoms with Gasteiger partial charge >= 0.3 is 0 Å². The summed E-state index contributed by atoms with van der Waals surface area (Å²) in [5.74, 6) is -0.107. The van der Waals surface area contributed by atoms with Crippen LogP contribution in [0.4, 0.5) is 5.69 Å². The first-order chi connectivity index (χ1) is 10.2. The van der Waals surface area contributed by atoms with E-state index in [0.717, 1.165) is 5.69 Å². The van der Waals surface area contributed by atoms with Crippen LogP contribution < -0.4 is 4.90 Å². The summed E-state index contributed by atoms with van der Waals surface area (Å²) in [4.78, 5) is 15.7. The van der Waals surface area contributed by atoms with E-state index < -0.39 is 10.0 Å². The lowest BCUT2D eigenvalue weighted by molar-refractivity contribution is -0.118. The number of para-hydroxylation sites is 1. The zero-order chi connectivity index (χ0) is 16.8. The van der Waals surface area contributed by atoms with Gasteiger partial charge in [0, 0.05) is 38.8 Å². The second-order valence-corrected chi connectivity index (χ2v) is 7.49. The van der Waals surface area contributed by atoms with Crippen molar-refractivity contribution in [3.63, 3.8) is 0 Å². The lowest BCUT2D eigenvalue weighted by Gasteiger charge is -2.23. The molecule has 0 aliphatic carbocycles. The first kappa shape index (κ1) is 18.6. The standard InChI is InChI=1S/C15H25N3O3S/c1-16(2)12-13-18(22(4,20)21)11-10-15(19)17(3)14-8-6-5-7-9-14/h5-9H,10-13H2,1-4H3. The van der Waals surface area contributed by atoms with Gasteiger partial charge in [-0.3, -0.25) is 4.79 Å². The van der Waals surface area contributed by atoms with Gasteiger partial charge in [0.15, 0.2) is 0 Å². The molecule has 0 aliphatic rings. The largest absolute Gasteiger partial charge is 0.315 e. The molecule has 1 aromatic rings. The quantitative estimate of drug-likeness (QED) is 0.711. The van der Waals surface area contributed by atoms with Crippen molar-refractivity contribution in [2.24, 2.45) is 0 Å². The molecule has 0 heterocycles. The molecule has 0 saturated carbocycles. The minimum absolute atomic E-state index is 0.107. The minimum atomic E-state index is -3.31. The van der Waals surface area contributed by atoms with Crippen LogP contribution in [0.3, 0.4) is 0 Å². The SMILES string of the molecule is CN(C)CCN(CCC(=O)N(C)c1ccccc1)S(C)(=O)=O. The number of likely N-dealkylation sites (N-methyl/N-ethyl adjacent to an activating group) is 1. The third-order valence-electron chi connectivity index (χ3n) is 3.36. The maximum absolute atomic E-state index is 12.2. The van der Waals surface area contributed by atoms with Gasteiger partial charge in [-0.05, 0) is 26.2 Å². The zero-order valence-corrected chi connectivity index (χ0v) is 14.5. The molecular weight excluding hydrogens is 302 g/mol. The maximum Gasteiger partial charge on any atom is 0.228 e. The molecule has 0 aromatic heterocycles. The van der Waals surface area contributed by atoms with Gasteiger partial charge in [-0.1, -0.05) is 18.2 Å². The monoisotopic (exact) mass is 327 g/mol. The number of carbonyl (C=O) groups is 1. The number of amides is 1. The van der Waals surface area contributed by atoms with Crippen LogP contribution in [0, 0.1) is 0 Å². The molecule has 0 aliphatic heterocycles. The van der Waals surface area contributed by atoms with Gasteiger partial charge in [0.2, 0.25) is 15.9 Å². The van der Waals surface area contributed by atoms with Crippen LogP contribution in [0.1, 0.15) is 6.42 Å². The van der Waals surface area contributed by atoms with E-state index in [4.69, 9.17) is 0 Å². The first-order valence-electron chi connectivity index (χ1n) is 7.13. The number of hydrogen-bond donors (Lipinski definition) is 0. The fourth-order valence-electron chi connectivity index (χ4n) is 1.94. The smallest absolute Gasteiger partial charge is 0.228 e. The summed E-state index contributed by atoms with van der Waals surface area (Å²) < 4.78 is 24.9. The topological polar surface area (TPSA) is 60.9 Å². The molecule has 6 nitrogen and oxygen atoms in total. The predicted molar refractivity (Wildman–Crippen MR) is 89.4 cm³/mol. The van der Waals surface area contributed by atoms with Crippen molar-refractivity contribution >= 4 is 21.6 Å². The van der Waals surface area contributed by atoms with Crippen LogP contribution in [-0.4, -0.2) is 70.6 Å². The molecule has 0 bridgehead atoms. The Labute approximate surface area is 133 Å². The van der Waals surface area contributed by atoms with Gasteiger partial charge in [-0.25, -0.2) is 12.7 Å². The van der Waals surface area contributed by atoms with Crippen molar-refractivity contribution < 1.29 is 13.2 Å². The molecule has 0 atom stereocenters. The zero-order valence-electron chi connectivity index (χ0n) is 13.7. The number of rotatable bonds is 8. The fourth-order valence-corrected chi connectivity index (χ4v) is 2.77. The fraction of sp³-hybridized carbons (Fsp3) is 0.533. The maximum atomic E-state index is 12.2.